The molecule has 0 bridgehead atoms. The van der Waals surface area contributed by atoms with E-state index in [4.69, 9.17) is 4.74 Å². The number of halogens is 2. The molecule has 0 aromatic heterocycles. The molecular weight excluding hydrogens is 523 g/mol. The lowest BCUT2D eigenvalue weighted by atomic mass is 10.1. The highest BCUT2D eigenvalue weighted by molar-refractivity contribution is 9.10. The molecule has 0 saturated heterocycles. The van der Waals surface area contributed by atoms with Crippen molar-refractivity contribution in [3.8, 4) is 5.75 Å². The van der Waals surface area contributed by atoms with Crippen LogP contribution in [0.2, 0.25) is 0 Å². The van der Waals surface area contributed by atoms with Crippen LogP contribution in [-0.2, 0) is 16.6 Å². The Hall–Kier alpha value is -2.91. The number of benzene rings is 3. The van der Waals surface area contributed by atoms with Gasteiger partial charge in [-0.3, -0.25) is 9.10 Å². The van der Waals surface area contributed by atoms with E-state index in [0.717, 1.165) is 27.4 Å². The number of anilines is 1. The number of sulfonamides is 1. The predicted molar refractivity (Wildman–Crippen MR) is 135 cm³/mol. The number of carbonyl (C=O) groups excluding carboxylic acids is 1. The maximum absolute atomic E-state index is 14.4. The first kappa shape index (κ1) is 25.7. The molecule has 0 atom stereocenters. The summed E-state index contributed by atoms with van der Waals surface area (Å²) in [6.45, 7) is 4.58. The largest absolute Gasteiger partial charge is 0.491 e. The van der Waals surface area contributed by atoms with Gasteiger partial charge in [-0.15, -0.1) is 0 Å². The molecule has 3 aromatic carbocycles. The van der Waals surface area contributed by atoms with E-state index >= 15 is 0 Å². The van der Waals surface area contributed by atoms with Crippen molar-refractivity contribution < 1.29 is 22.3 Å². The number of nitrogens with one attached hydrogen (secondary N) is 1. The summed E-state index contributed by atoms with van der Waals surface area (Å²) in [6.07, 6.45) is 1.02. The van der Waals surface area contributed by atoms with E-state index in [0.29, 0.717) is 28.8 Å². The molecule has 3 rings (SSSR count). The molecule has 1 amide bonds. The van der Waals surface area contributed by atoms with Crippen LogP contribution in [0.25, 0.3) is 0 Å². The molecule has 9 heteroatoms. The Morgan fingerprint density at radius 3 is 2.38 bits per heavy atom. The van der Waals surface area contributed by atoms with Crippen LogP contribution in [0.5, 0.6) is 5.75 Å². The predicted octanol–water partition coefficient (Wildman–Crippen LogP) is 4.98. The van der Waals surface area contributed by atoms with Gasteiger partial charge in [-0.1, -0.05) is 45.8 Å². The molecule has 0 aliphatic carbocycles. The standard InChI is InChI=1S/C25H26BrFN2O4S/c1-17-4-11-24(18(2)14-17)33-13-12-28-25(30)20-7-5-19(6-8-20)16-29(34(3,31)32)23-10-9-21(26)15-22(23)27/h4-11,14-15H,12-13,16H2,1-3H3,(H,28,30). The van der Waals surface area contributed by atoms with Gasteiger partial charge in [-0.05, 0) is 61.4 Å². The number of ether oxygens (including phenoxy) is 1. The third-order valence-electron chi connectivity index (χ3n) is 5.10. The molecule has 1 N–H and O–H groups in total. The minimum Gasteiger partial charge on any atom is -0.491 e. The van der Waals surface area contributed by atoms with Gasteiger partial charge in [-0.25, -0.2) is 12.8 Å². The lowest BCUT2D eigenvalue weighted by Crippen LogP contribution is -2.30. The smallest absolute Gasteiger partial charge is 0.251 e. The molecule has 3 aromatic rings. The maximum Gasteiger partial charge on any atom is 0.251 e. The lowest BCUT2D eigenvalue weighted by Gasteiger charge is -2.23. The van der Waals surface area contributed by atoms with Crippen molar-refractivity contribution in [3.63, 3.8) is 0 Å². The van der Waals surface area contributed by atoms with Crippen molar-refractivity contribution in [3.05, 3.63) is 93.2 Å². The van der Waals surface area contributed by atoms with Gasteiger partial charge < -0.3 is 10.1 Å². The zero-order valence-electron chi connectivity index (χ0n) is 19.1. The van der Waals surface area contributed by atoms with E-state index in [1.54, 1.807) is 30.3 Å². The van der Waals surface area contributed by atoms with Crippen LogP contribution in [0.3, 0.4) is 0 Å². The Labute approximate surface area is 207 Å². The van der Waals surface area contributed by atoms with Crippen molar-refractivity contribution in [2.75, 3.05) is 23.7 Å². The first-order valence-corrected chi connectivity index (χ1v) is 13.2. The number of hydrogen-bond acceptors (Lipinski definition) is 4. The molecule has 0 radical (unpaired) electrons. The van der Waals surface area contributed by atoms with E-state index < -0.39 is 15.8 Å². The molecular formula is C25H26BrFN2O4S. The van der Waals surface area contributed by atoms with Gasteiger partial charge in [-0.2, -0.15) is 0 Å². The number of rotatable bonds is 9. The molecule has 0 unspecified atom stereocenters. The summed E-state index contributed by atoms with van der Waals surface area (Å²) in [7, 11) is -3.74. The normalized spacial score (nSPS) is 11.2. The Morgan fingerprint density at radius 1 is 1.06 bits per heavy atom. The monoisotopic (exact) mass is 548 g/mol. The van der Waals surface area contributed by atoms with Crippen molar-refractivity contribution in [1.82, 2.24) is 5.32 Å². The number of carbonyl (C=O) groups is 1. The topological polar surface area (TPSA) is 75.7 Å². The van der Waals surface area contributed by atoms with Gasteiger partial charge in [0.25, 0.3) is 5.91 Å². The first-order chi connectivity index (χ1) is 16.0. The average molecular weight is 549 g/mol. The molecule has 0 heterocycles. The summed E-state index contributed by atoms with van der Waals surface area (Å²) in [5.74, 6) is -0.143. The number of hydrogen-bond donors (Lipinski definition) is 1. The average Bonchev–Trinajstić information content (AvgIpc) is 2.76. The maximum atomic E-state index is 14.4. The minimum absolute atomic E-state index is 0.0451. The highest BCUT2D eigenvalue weighted by atomic mass is 79.9. The fourth-order valence-corrected chi connectivity index (χ4v) is 4.60. The van der Waals surface area contributed by atoms with Crippen molar-refractivity contribution >= 4 is 37.5 Å². The summed E-state index contributed by atoms with van der Waals surface area (Å²) in [5.41, 5.74) is 3.19. The number of amides is 1. The number of aryl methyl sites for hydroxylation is 2. The second-order valence-corrected chi connectivity index (χ2v) is 10.8. The molecule has 0 saturated carbocycles. The first-order valence-electron chi connectivity index (χ1n) is 10.5. The van der Waals surface area contributed by atoms with Crippen LogP contribution in [-0.4, -0.2) is 33.7 Å². The third-order valence-corrected chi connectivity index (χ3v) is 6.72. The fraction of sp³-hybridized carbons (Fsp3) is 0.240. The molecule has 180 valence electrons. The van der Waals surface area contributed by atoms with Crippen LogP contribution >= 0.6 is 15.9 Å². The van der Waals surface area contributed by atoms with Gasteiger partial charge in [0.2, 0.25) is 10.0 Å². The van der Waals surface area contributed by atoms with Crippen molar-refractivity contribution in [2.24, 2.45) is 0 Å². The highest BCUT2D eigenvalue weighted by Crippen LogP contribution is 2.27. The lowest BCUT2D eigenvalue weighted by molar-refractivity contribution is 0.0947. The minimum atomic E-state index is -3.74. The zero-order chi connectivity index (χ0) is 24.9. The van der Waals surface area contributed by atoms with Crippen LogP contribution < -0.4 is 14.4 Å². The molecule has 6 nitrogen and oxygen atoms in total. The summed E-state index contributed by atoms with van der Waals surface area (Å²) in [4.78, 5) is 12.4. The SMILES string of the molecule is Cc1ccc(OCCNC(=O)c2ccc(CN(c3ccc(Br)cc3F)S(C)(=O)=O)cc2)c(C)c1. The summed E-state index contributed by atoms with van der Waals surface area (Å²) in [5, 5.41) is 2.80. The zero-order valence-corrected chi connectivity index (χ0v) is 21.5. The Kier molecular flexibility index (Phi) is 8.33. The van der Waals surface area contributed by atoms with Crippen molar-refractivity contribution in [1.29, 1.82) is 0 Å². The highest BCUT2D eigenvalue weighted by Gasteiger charge is 2.21. The van der Waals surface area contributed by atoms with Gasteiger partial charge in [0.15, 0.2) is 0 Å². The quantitative estimate of drug-likeness (QED) is 0.382. The molecule has 0 fully saturated rings. The molecule has 0 spiro atoms. The second-order valence-electron chi connectivity index (χ2n) is 7.94. The molecule has 0 aliphatic rings. The Morgan fingerprint density at radius 2 is 1.76 bits per heavy atom. The van der Waals surface area contributed by atoms with Gasteiger partial charge in [0, 0.05) is 10.0 Å². The van der Waals surface area contributed by atoms with E-state index in [1.807, 2.05) is 32.0 Å². The Bertz CT molecular complexity index is 1280. The second kappa shape index (κ2) is 11.0. The summed E-state index contributed by atoms with van der Waals surface area (Å²) < 4.78 is 46.2. The van der Waals surface area contributed by atoms with Crippen LogP contribution in [0, 0.1) is 19.7 Å². The Balaban J connectivity index is 1.60. The van der Waals surface area contributed by atoms with Gasteiger partial charge in [0.1, 0.15) is 18.2 Å². The molecule has 34 heavy (non-hydrogen) atoms. The summed E-state index contributed by atoms with van der Waals surface area (Å²) >= 11 is 3.17. The van der Waals surface area contributed by atoms with E-state index in [1.165, 1.54) is 12.1 Å². The fourth-order valence-electron chi connectivity index (χ4n) is 3.38. The summed E-state index contributed by atoms with van der Waals surface area (Å²) in [6, 6.07) is 16.6. The van der Waals surface area contributed by atoms with Crippen LogP contribution in [0.4, 0.5) is 10.1 Å². The van der Waals surface area contributed by atoms with E-state index in [9.17, 15) is 17.6 Å². The number of nitrogens with zero attached hydrogens (tertiary/aromatic N) is 1. The molecule has 0 aliphatic heterocycles. The van der Waals surface area contributed by atoms with Crippen LogP contribution in [0.15, 0.2) is 65.1 Å². The van der Waals surface area contributed by atoms with Crippen LogP contribution in [0.1, 0.15) is 27.0 Å². The van der Waals surface area contributed by atoms with Gasteiger partial charge in [0.05, 0.1) is 25.0 Å². The van der Waals surface area contributed by atoms with Gasteiger partial charge >= 0.3 is 0 Å². The third kappa shape index (κ3) is 6.80. The van der Waals surface area contributed by atoms with E-state index in [-0.39, 0.29) is 18.1 Å². The van der Waals surface area contributed by atoms with E-state index in [2.05, 4.69) is 21.2 Å². The van der Waals surface area contributed by atoms with Crippen molar-refractivity contribution in [2.45, 2.75) is 20.4 Å².